The first-order valence-electron chi connectivity index (χ1n) is 10.8. The Morgan fingerprint density at radius 1 is 0.531 bits per heavy atom. The van der Waals surface area contributed by atoms with Gasteiger partial charge in [-0.1, -0.05) is 91.5 Å². The molecule has 1 heterocycles. The number of rotatable bonds is 4. The minimum absolute atomic E-state index is 1.04. The van der Waals surface area contributed by atoms with Crippen LogP contribution < -0.4 is 4.90 Å². The van der Waals surface area contributed by atoms with E-state index in [2.05, 4.69) is 101 Å². The van der Waals surface area contributed by atoms with Gasteiger partial charge in [0.2, 0.25) is 0 Å². The van der Waals surface area contributed by atoms with Crippen LogP contribution in [0.15, 0.2) is 140 Å². The molecular weight excluding hydrogens is 388 g/mol. The normalized spacial score (nSPS) is 10.6. The Bertz CT molecular complexity index is 1420. The molecular formula is C30H24N2. The molecule has 0 bridgehead atoms. The number of hydrogen-bond donors (Lipinski definition) is 0. The van der Waals surface area contributed by atoms with E-state index in [1.165, 1.54) is 21.8 Å². The van der Waals surface area contributed by atoms with E-state index in [9.17, 15) is 0 Å². The van der Waals surface area contributed by atoms with Gasteiger partial charge in [0.15, 0.2) is 0 Å². The molecule has 2 nitrogen and oxygen atoms in total. The SMILES string of the molecule is C=CN(c1ccccccccc1)c1ccc2c3ccccc3n(-c3ccccc3)c2c1. The van der Waals surface area contributed by atoms with Crippen molar-refractivity contribution in [1.29, 1.82) is 0 Å². The van der Waals surface area contributed by atoms with Gasteiger partial charge in [0.05, 0.1) is 11.0 Å². The zero-order chi connectivity index (χ0) is 21.8. The molecule has 0 fully saturated rings. The van der Waals surface area contributed by atoms with Crippen molar-refractivity contribution in [3.8, 4) is 5.69 Å². The summed E-state index contributed by atoms with van der Waals surface area (Å²) >= 11 is 0. The minimum Gasteiger partial charge on any atom is -0.318 e. The van der Waals surface area contributed by atoms with Gasteiger partial charge >= 0.3 is 0 Å². The lowest BCUT2D eigenvalue weighted by molar-refractivity contribution is 1.18. The molecule has 1 aromatic heterocycles. The van der Waals surface area contributed by atoms with Crippen molar-refractivity contribution in [1.82, 2.24) is 4.57 Å². The van der Waals surface area contributed by atoms with Gasteiger partial charge in [-0.2, -0.15) is 0 Å². The molecule has 0 aliphatic rings. The summed E-state index contributed by atoms with van der Waals surface area (Å²) in [4.78, 5) is 2.12. The second-order valence-corrected chi connectivity index (χ2v) is 7.55. The van der Waals surface area contributed by atoms with E-state index in [0.717, 1.165) is 17.1 Å². The summed E-state index contributed by atoms with van der Waals surface area (Å²) in [6.45, 7) is 4.10. The molecule has 4 aromatic carbocycles. The lowest BCUT2D eigenvalue weighted by Crippen LogP contribution is -2.07. The Balaban J connectivity index is 1.75. The van der Waals surface area contributed by atoms with Gasteiger partial charge < -0.3 is 9.47 Å². The van der Waals surface area contributed by atoms with Crippen LogP contribution in [0.3, 0.4) is 0 Å². The van der Waals surface area contributed by atoms with Crippen LogP contribution in [0, 0.1) is 0 Å². The summed E-state index contributed by atoms with van der Waals surface area (Å²) in [6, 6.07) is 44.1. The van der Waals surface area contributed by atoms with E-state index < -0.39 is 0 Å². The summed E-state index contributed by atoms with van der Waals surface area (Å²) in [7, 11) is 0. The van der Waals surface area contributed by atoms with Crippen molar-refractivity contribution in [3.05, 3.63) is 140 Å². The van der Waals surface area contributed by atoms with Crippen molar-refractivity contribution in [2.75, 3.05) is 4.90 Å². The smallest absolute Gasteiger partial charge is 0.0561 e. The highest BCUT2D eigenvalue weighted by molar-refractivity contribution is 6.10. The number of para-hydroxylation sites is 2. The monoisotopic (exact) mass is 412 g/mol. The van der Waals surface area contributed by atoms with Crippen LogP contribution in [0.4, 0.5) is 11.4 Å². The molecule has 0 radical (unpaired) electrons. The van der Waals surface area contributed by atoms with Gasteiger partial charge in [-0.05, 0) is 42.5 Å². The lowest BCUT2D eigenvalue weighted by atomic mass is 10.1. The fourth-order valence-corrected chi connectivity index (χ4v) is 4.17. The van der Waals surface area contributed by atoms with E-state index in [0.29, 0.717) is 0 Å². The first kappa shape index (κ1) is 19.7. The number of nitrogens with zero attached hydrogens (tertiary/aromatic N) is 2. The second-order valence-electron chi connectivity index (χ2n) is 7.55. The van der Waals surface area contributed by atoms with Crippen LogP contribution in [0.1, 0.15) is 0 Å². The lowest BCUT2D eigenvalue weighted by Gasteiger charge is -2.20. The Kier molecular flexibility index (Phi) is 5.42. The zero-order valence-electron chi connectivity index (χ0n) is 17.8. The predicted molar refractivity (Wildman–Crippen MR) is 137 cm³/mol. The number of aromatic nitrogens is 1. The van der Waals surface area contributed by atoms with Crippen molar-refractivity contribution < 1.29 is 0 Å². The van der Waals surface area contributed by atoms with Crippen LogP contribution in [0.2, 0.25) is 0 Å². The topological polar surface area (TPSA) is 8.17 Å². The summed E-state index contributed by atoms with van der Waals surface area (Å²) < 4.78 is 2.33. The summed E-state index contributed by atoms with van der Waals surface area (Å²) in [6.07, 6.45) is 1.87. The maximum Gasteiger partial charge on any atom is 0.0561 e. The largest absolute Gasteiger partial charge is 0.318 e. The van der Waals surface area contributed by atoms with E-state index >= 15 is 0 Å². The molecule has 0 aliphatic carbocycles. The number of hydrogen-bond acceptors (Lipinski definition) is 1. The molecule has 5 rings (SSSR count). The summed E-state index contributed by atoms with van der Waals surface area (Å²) in [5, 5.41) is 2.49. The third-order valence-electron chi connectivity index (χ3n) is 5.61. The third-order valence-corrected chi connectivity index (χ3v) is 5.61. The van der Waals surface area contributed by atoms with Crippen LogP contribution in [0.5, 0.6) is 0 Å². The van der Waals surface area contributed by atoms with E-state index in [4.69, 9.17) is 0 Å². The van der Waals surface area contributed by atoms with Crippen LogP contribution in [-0.4, -0.2) is 4.57 Å². The highest BCUT2D eigenvalue weighted by Gasteiger charge is 2.14. The number of benzene rings is 3. The Morgan fingerprint density at radius 3 is 1.81 bits per heavy atom. The van der Waals surface area contributed by atoms with Crippen molar-refractivity contribution >= 4 is 33.2 Å². The molecule has 2 heteroatoms. The van der Waals surface area contributed by atoms with Crippen molar-refractivity contribution in [2.24, 2.45) is 0 Å². The quantitative estimate of drug-likeness (QED) is 0.289. The molecule has 5 aromatic rings. The van der Waals surface area contributed by atoms with Gasteiger partial charge in [0, 0.05) is 34.0 Å². The third kappa shape index (κ3) is 3.63. The summed E-state index contributed by atoms with van der Waals surface area (Å²) in [5.74, 6) is 0. The van der Waals surface area contributed by atoms with E-state index in [1.54, 1.807) is 0 Å². The average Bonchev–Trinajstić information content (AvgIpc) is 3.18. The zero-order valence-corrected chi connectivity index (χ0v) is 17.8. The molecule has 0 saturated carbocycles. The predicted octanol–water partition coefficient (Wildman–Crippen LogP) is 8.19. The van der Waals surface area contributed by atoms with Gasteiger partial charge in [0.1, 0.15) is 0 Å². The molecule has 0 atom stereocenters. The van der Waals surface area contributed by atoms with E-state index in [1.807, 2.05) is 48.7 Å². The minimum atomic E-state index is 1.04. The first-order chi connectivity index (χ1) is 15.9. The van der Waals surface area contributed by atoms with Gasteiger partial charge in [-0.15, -0.1) is 0 Å². The Hall–Kier alpha value is -4.30. The summed E-state index contributed by atoms with van der Waals surface area (Å²) in [5.41, 5.74) is 5.63. The fraction of sp³-hybridized carbons (Fsp3) is 0. The van der Waals surface area contributed by atoms with Gasteiger partial charge in [-0.3, -0.25) is 0 Å². The maximum absolute atomic E-state index is 4.10. The Labute approximate surface area is 188 Å². The molecule has 0 unspecified atom stereocenters. The Morgan fingerprint density at radius 2 is 1.09 bits per heavy atom. The van der Waals surface area contributed by atoms with E-state index in [-0.39, 0.29) is 0 Å². The van der Waals surface area contributed by atoms with Crippen LogP contribution in [-0.2, 0) is 0 Å². The molecule has 32 heavy (non-hydrogen) atoms. The highest BCUT2D eigenvalue weighted by atomic mass is 15.1. The average molecular weight is 413 g/mol. The highest BCUT2D eigenvalue weighted by Crippen LogP contribution is 2.35. The second kappa shape index (κ2) is 8.83. The maximum atomic E-state index is 4.10. The van der Waals surface area contributed by atoms with Gasteiger partial charge in [0.25, 0.3) is 0 Å². The molecule has 0 N–H and O–H groups in total. The van der Waals surface area contributed by atoms with Crippen molar-refractivity contribution in [3.63, 3.8) is 0 Å². The number of fused-ring (bicyclic) bond motifs is 3. The molecule has 0 amide bonds. The molecule has 0 aliphatic heterocycles. The van der Waals surface area contributed by atoms with Crippen LogP contribution in [0.25, 0.3) is 27.5 Å². The van der Waals surface area contributed by atoms with Crippen molar-refractivity contribution in [2.45, 2.75) is 0 Å². The molecule has 0 spiro atoms. The number of anilines is 2. The fourth-order valence-electron chi connectivity index (χ4n) is 4.17. The molecule has 154 valence electrons. The molecule has 0 saturated heterocycles. The van der Waals surface area contributed by atoms with Gasteiger partial charge in [-0.25, -0.2) is 0 Å². The van der Waals surface area contributed by atoms with Crippen LogP contribution >= 0.6 is 0 Å². The first-order valence-corrected chi connectivity index (χ1v) is 10.8. The standard InChI is InChI=1S/C30H24N2/c1-2-31(24-15-9-6-4-3-5-7-10-16-24)26-21-22-28-27-19-13-14-20-29(27)32(30(28)23-26)25-17-11-8-12-18-25/h2-23H,1H2.